The minimum absolute atomic E-state index is 0. The second kappa shape index (κ2) is 2.32. The third kappa shape index (κ3) is 2900. The molecule has 0 saturated heterocycles. The molecule has 35 valence electrons. The van der Waals surface area contributed by atoms with Gasteiger partial charge < -0.3 is 0 Å². The summed E-state index contributed by atoms with van der Waals surface area (Å²) < 4.78 is 31.9. The second-order valence-corrected chi connectivity index (χ2v) is 1.85. The summed E-state index contributed by atoms with van der Waals surface area (Å²) in [4.78, 5) is 0. The molecule has 0 aliphatic heterocycles. The molecular weight excluding hydrogens is 127 g/mol. The van der Waals surface area contributed by atoms with Crippen molar-refractivity contribution in [2.75, 3.05) is 0 Å². The van der Waals surface area contributed by atoms with Crippen LogP contribution in [0.15, 0.2) is 0 Å². The fraction of sp³-hybridized carbons (Fsp3) is 0. The van der Waals surface area contributed by atoms with Crippen molar-refractivity contribution in [3.63, 3.8) is 0 Å². The van der Waals surface area contributed by atoms with Crippen molar-refractivity contribution in [3.8, 4) is 0 Å². The van der Waals surface area contributed by atoms with Gasteiger partial charge >= 0.3 is 29.5 Å². The van der Waals surface area contributed by atoms with E-state index in [2.05, 4.69) is 0 Å². The summed E-state index contributed by atoms with van der Waals surface area (Å²) in [5.74, 6) is 0. The van der Waals surface area contributed by atoms with Gasteiger partial charge in [0.15, 0.2) is 0 Å². The van der Waals surface area contributed by atoms with E-state index < -0.39 is 13.6 Å². The first-order valence-corrected chi connectivity index (χ1v) is 2.88. The van der Waals surface area contributed by atoms with Crippen LogP contribution >= 0.6 is 0 Å². The molecule has 0 aliphatic rings. The molecule has 0 amide bonds. The molecule has 3 radical (unpaired) electrons. The average Bonchev–Trinajstić information content (AvgIpc) is 0.722. The van der Waals surface area contributed by atoms with E-state index in [0.29, 0.717) is 0 Å². The zero-order valence-corrected chi connectivity index (χ0v) is 3.97. The van der Waals surface area contributed by atoms with Gasteiger partial charge in [0, 0.05) is 8.41 Å². The van der Waals surface area contributed by atoms with Gasteiger partial charge in [0.05, 0.1) is 0 Å². The predicted octanol–water partition coefficient (Wildman–Crippen LogP) is -1.73. The van der Waals surface area contributed by atoms with Gasteiger partial charge in [-0.25, -0.2) is 0 Å². The fourth-order valence-electron chi connectivity index (χ4n) is 0. The second-order valence-electron chi connectivity index (χ2n) is 0.448. The summed E-state index contributed by atoms with van der Waals surface area (Å²) in [6.07, 6.45) is 0. The fourth-order valence-corrected chi connectivity index (χ4v) is 0. The minimum atomic E-state index is -5.25. The van der Waals surface area contributed by atoms with Crippen LogP contribution < -0.4 is 0 Å². The van der Waals surface area contributed by atoms with Crippen molar-refractivity contribution in [1.29, 1.82) is 0 Å². The zero-order valence-electron chi connectivity index (χ0n) is 2.70. The zero-order chi connectivity index (χ0) is 4.50. The van der Waals surface area contributed by atoms with Gasteiger partial charge in [-0.05, 0) is 0 Å². The van der Waals surface area contributed by atoms with E-state index in [4.69, 9.17) is 15.9 Å². The Kier molecular flexibility index (Phi) is 3.65. The van der Waals surface area contributed by atoms with Crippen molar-refractivity contribution >= 4 is 8.41 Å². The molecule has 6 heteroatoms. The number of rotatable bonds is 0. The molecule has 0 atom stereocenters. The van der Waals surface area contributed by atoms with Crippen molar-refractivity contribution in [2.24, 2.45) is 0 Å². The average molecular weight is 129 g/mol. The molecule has 0 spiro atoms. The van der Waals surface area contributed by atoms with E-state index in [1.165, 1.54) is 0 Å². The molecule has 0 unspecified atom stereocenters. The van der Waals surface area contributed by atoms with Gasteiger partial charge in [-0.2, -0.15) is 0 Å². The third-order valence-electron chi connectivity index (χ3n) is 0. The monoisotopic (exact) mass is 129 g/mol. The molecule has 0 bridgehead atoms. The predicted molar refractivity (Wildman–Crippen MR) is 11.6 cm³/mol. The van der Waals surface area contributed by atoms with E-state index in [-0.39, 0.29) is 8.41 Å². The SMILES string of the molecule is [B].[O]=[Cr](=[O])([OH])[OH]. The molecule has 0 aromatic carbocycles. The molecule has 0 saturated carbocycles. The molecule has 0 fully saturated rings. The van der Waals surface area contributed by atoms with Crippen LogP contribution in [0.3, 0.4) is 0 Å². The molecule has 0 aromatic rings. The van der Waals surface area contributed by atoms with Gasteiger partial charge in [0.25, 0.3) is 0 Å². The van der Waals surface area contributed by atoms with Crippen LogP contribution in [0.1, 0.15) is 0 Å². The quantitative estimate of drug-likeness (QED) is 0.381. The maximum atomic E-state index is 8.82. The summed E-state index contributed by atoms with van der Waals surface area (Å²) in [7, 11) is 0. The molecule has 0 heterocycles. The summed E-state index contributed by atoms with van der Waals surface area (Å²) in [5, 5.41) is 0. The Bertz CT molecular complexity index is 90.7. The topological polar surface area (TPSA) is 74.6 Å². The van der Waals surface area contributed by atoms with E-state index in [0.717, 1.165) is 0 Å². The normalized spacial score (nSPS) is 9.67. The van der Waals surface area contributed by atoms with Crippen molar-refractivity contribution in [1.82, 2.24) is 0 Å². The van der Waals surface area contributed by atoms with Crippen LogP contribution in [0, 0.1) is 0 Å². The van der Waals surface area contributed by atoms with Crippen LogP contribution in [-0.2, 0) is 21.2 Å². The summed E-state index contributed by atoms with van der Waals surface area (Å²) in [5.41, 5.74) is 0. The molecule has 0 aliphatic carbocycles. The van der Waals surface area contributed by atoms with Crippen LogP contribution in [-0.4, -0.2) is 16.7 Å². The van der Waals surface area contributed by atoms with Crippen LogP contribution in [0.25, 0.3) is 0 Å². The summed E-state index contributed by atoms with van der Waals surface area (Å²) >= 11 is -5.25. The first kappa shape index (κ1) is 9.45. The Morgan fingerprint density at radius 2 is 1.17 bits per heavy atom. The number of hydrogen-bond acceptors (Lipinski definition) is 2. The Labute approximate surface area is 38.8 Å². The van der Waals surface area contributed by atoms with E-state index in [1.807, 2.05) is 0 Å². The Hall–Kier alpha value is 0.117. The molecule has 6 heavy (non-hydrogen) atoms. The van der Waals surface area contributed by atoms with E-state index in [9.17, 15) is 0 Å². The molecule has 0 rings (SSSR count). The van der Waals surface area contributed by atoms with Crippen LogP contribution in [0.5, 0.6) is 0 Å². The van der Waals surface area contributed by atoms with Gasteiger partial charge in [-0.15, -0.1) is 0 Å². The van der Waals surface area contributed by atoms with E-state index in [1.54, 1.807) is 0 Å². The standard InChI is InChI=1S/B.Cr.2H2O.2O/h;;2*1H2;;/q;+2;;;;/p-2. The molecule has 4 nitrogen and oxygen atoms in total. The van der Waals surface area contributed by atoms with Crippen molar-refractivity contribution in [3.05, 3.63) is 0 Å². The van der Waals surface area contributed by atoms with Crippen molar-refractivity contribution < 1.29 is 29.5 Å². The Morgan fingerprint density at radius 1 is 1.17 bits per heavy atom. The third-order valence-corrected chi connectivity index (χ3v) is 0. The number of hydrogen-bond donors (Lipinski definition) is 2. The first-order chi connectivity index (χ1) is 2.00. The maximum absolute atomic E-state index is 8.82. The summed E-state index contributed by atoms with van der Waals surface area (Å²) in [6.45, 7) is 0. The Morgan fingerprint density at radius 3 is 1.17 bits per heavy atom. The van der Waals surface area contributed by atoms with Gasteiger partial charge in [0.1, 0.15) is 0 Å². The summed E-state index contributed by atoms with van der Waals surface area (Å²) in [6, 6.07) is 0. The first-order valence-electron chi connectivity index (χ1n) is 0.698. The van der Waals surface area contributed by atoms with Gasteiger partial charge in [-0.1, -0.05) is 0 Å². The van der Waals surface area contributed by atoms with Crippen molar-refractivity contribution in [2.45, 2.75) is 0 Å². The molecule has 2 N–H and O–H groups in total. The van der Waals surface area contributed by atoms with Crippen LogP contribution in [0.2, 0.25) is 0 Å². The molecule has 0 aromatic heterocycles. The van der Waals surface area contributed by atoms with Gasteiger partial charge in [0.2, 0.25) is 0 Å². The van der Waals surface area contributed by atoms with E-state index >= 15 is 0 Å². The van der Waals surface area contributed by atoms with Crippen LogP contribution in [0.4, 0.5) is 0 Å². The Balaban J connectivity index is 0. The molecular formula is H2BCrO4. The van der Waals surface area contributed by atoms with Gasteiger partial charge in [-0.3, -0.25) is 0 Å².